The van der Waals surface area contributed by atoms with Gasteiger partial charge in [0.15, 0.2) is 11.5 Å². The molecule has 4 rings (SSSR count). The predicted molar refractivity (Wildman–Crippen MR) is 136 cm³/mol. The summed E-state index contributed by atoms with van der Waals surface area (Å²) in [5.74, 6) is 0.816. The molecule has 8 heteroatoms. The van der Waals surface area contributed by atoms with Crippen LogP contribution in [0.15, 0.2) is 53.4 Å². The molecule has 0 amide bonds. The fourth-order valence-corrected chi connectivity index (χ4v) is 5.11. The molecule has 0 saturated carbocycles. The Hall–Kier alpha value is -3.39. The van der Waals surface area contributed by atoms with Crippen LogP contribution < -0.4 is 9.46 Å². The zero-order valence-corrected chi connectivity index (χ0v) is 21.4. The highest BCUT2D eigenvalue weighted by molar-refractivity contribution is 7.92. The van der Waals surface area contributed by atoms with Crippen molar-refractivity contribution in [1.29, 1.82) is 0 Å². The Morgan fingerprint density at radius 2 is 1.56 bits per heavy atom. The zero-order valence-electron chi connectivity index (χ0n) is 20.6. The number of fused-ring (bicyclic) bond motifs is 1. The number of pyridine rings is 1. The van der Waals surface area contributed by atoms with E-state index >= 15 is 0 Å². The molecule has 4 aromatic rings. The van der Waals surface area contributed by atoms with E-state index in [1.165, 1.54) is 19.2 Å². The summed E-state index contributed by atoms with van der Waals surface area (Å²) in [5, 5.41) is 5.35. The van der Waals surface area contributed by atoms with Crippen molar-refractivity contribution in [2.24, 2.45) is 0 Å². The molecule has 7 nitrogen and oxygen atoms in total. The van der Waals surface area contributed by atoms with Gasteiger partial charge in [-0.3, -0.25) is 4.72 Å². The quantitative estimate of drug-likeness (QED) is 0.412. The van der Waals surface area contributed by atoms with Crippen molar-refractivity contribution in [3.8, 4) is 11.4 Å². The number of rotatable bonds is 5. The lowest BCUT2D eigenvalue weighted by atomic mass is 9.91. The first-order valence-electron chi connectivity index (χ1n) is 11.1. The van der Waals surface area contributed by atoms with Crippen LogP contribution in [0.5, 0.6) is 5.75 Å². The predicted octanol–water partition coefficient (Wildman–Crippen LogP) is 5.45. The van der Waals surface area contributed by atoms with Crippen molar-refractivity contribution in [3.05, 3.63) is 70.9 Å². The van der Waals surface area contributed by atoms with E-state index in [0.717, 1.165) is 28.1 Å². The van der Waals surface area contributed by atoms with Crippen LogP contribution in [0.3, 0.4) is 0 Å². The van der Waals surface area contributed by atoms with Crippen molar-refractivity contribution in [2.45, 2.75) is 51.9 Å². The summed E-state index contributed by atoms with van der Waals surface area (Å²) in [6, 6.07) is 14.2. The minimum atomic E-state index is -3.87. The Bertz CT molecular complexity index is 1460. The lowest BCUT2D eigenvalue weighted by molar-refractivity contribution is 0.414. The monoisotopic (exact) mass is 478 g/mol. The van der Waals surface area contributed by atoms with E-state index in [1.54, 1.807) is 16.8 Å². The molecular weight excluding hydrogens is 448 g/mol. The third kappa shape index (κ3) is 4.37. The fourth-order valence-electron chi connectivity index (χ4n) is 4.09. The van der Waals surface area contributed by atoms with Crippen LogP contribution in [-0.4, -0.2) is 30.3 Å². The largest absolute Gasteiger partial charge is 0.497 e. The minimum Gasteiger partial charge on any atom is -0.497 e. The van der Waals surface area contributed by atoms with Gasteiger partial charge in [0.05, 0.1) is 23.1 Å². The van der Waals surface area contributed by atoms with Crippen LogP contribution in [0.25, 0.3) is 16.7 Å². The molecule has 0 bridgehead atoms. The van der Waals surface area contributed by atoms with E-state index in [1.807, 2.05) is 26.0 Å². The summed E-state index contributed by atoms with van der Waals surface area (Å²) < 4.78 is 35.9. The van der Waals surface area contributed by atoms with Gasteiger partial charge in [0.1, 0.15) is 5.75 Å². The summed E-state index contributed by atoms with van der Waals surface area (Å²) in [6.45, 7) is 12.4. The zero-order chi connectivity index (χ0) is 24.8. The van der Waals surface area contributed by atoms with Gasteiger partial charge < -0.3 is 4.74 Å². The normalized spacial score (nSPS) is 12.2. The Morgan fingerprint density at radius 1 is 0.941 bits per heavy atom. The topological polar surface area (TPSA) is 86.1 Å². The van der Waals surface area contributed by atoms with Crippen LogP contribution in [0.2, 0.25) is 0 Å². The van der Waals surface area contributed by atoms with E-state index in [4.69, 9.17) is 14.8 Å². The van der Waals surface area contributed by atoms with Gasteiger partial charge in [-0.1, -0.05) is 38.5 Å². The van der Waals surface area contributed by atoms with E-state index in [-0.39, 0.29) is 16.1 Å². The van der Waals surface area contributed by atoms with Gasteiger partial charge in [0.25, 0.3) is 10.0 Å². The van der Waals surface area contributed by atoms with Gasteiger partial charge in [-0.05, 0) is 68.3 Å². The lowest BCUT2D eigenvalue weighted by Gasteiger charge is -2.18. The summed E-state index contributed by atoms with van der Waals surface area (Å²) in [4.78, 5) is 5.05. The fraction of sp³-hybridized carbons (Fsp3) is 0.308. The van der Waals surface area contributed by atoms with E-state index in [0.29, 0.717) is 16.8 Å². The van der Waals surface area contributed by atoms with E-state index in [9.17, 15) is 8.42 Å². The number of benzene rings is 2. The number of ether oxygens (including phenoxy) is 1. The van der Waals surface area contributed by atoms with Crippen LogP contribution in [0.1, 0.15) is 43.2 Å². The van der Waals surface area contributed by atoms with Crippen molar-refractivity contribution >= 4 is 26.9 Å². The molecular formula is C26H30N4O3S. The number of anilines is 1. The number of methoxy groups -OCH3 is 1. The molecule has 0 unspecified atom stereocenters. The first-order chi connectivity index (χ1) is 15.9. The molecule has 0 radical (unpaired) electrons. The molecule has 1 N–H and O–H groups in total. The maximum atomic E-state index is 13.2. The summed E-state index contributed by atoms with van der Waals surface area (Å²) >= 11 is 0. The van der Waals surface area contributed by atoms with Crippen LogP contribution in [0, 0.1) is 20.8 Å². The van der Waals surface area contributed by atoms with Crippen LogP contribution in [-0.2, 0) is 15.4 Å². The highest BCUT2D eigenvalue weighted by Crippen LogP contribution is 2.32. The molecule has 0 aliphatic carbocycles. The van der Waals surface area contributed by atoms with Crippen molar-refractivity contribution in [1.82, 2.24) is 14.8 Å². The number of hydrogen-bond acceptors (Lipinski definition) is 5. The van der Waals surface area contributed by atoms with Crippen LogP contribution in [0.4, 0.5) is 5.82 Å². The van der Waals surface area contributed by atoms with Crippen molar-refractivity contribution in [2.75, 3.05) is 11.8 Å². The second-order valence-electron chi connectivity index (χ2n) is 9.61. The Labute approximate surface area is 200 Å². The number of sulfonamides is 1. The maximum absolute atomic E-state index is 13.2. The second kappa shape index (κ2) is 8.43. The average Bonchev–Trinajstić information content (AvgIpc) is 3.09. The maximum Gasteiger partial charge on any atom is 0.263 e. The number of nitrogens with one attached hydrogen (secondary N) is 1. The minimum absolute atomic E-state index is 0.123. The molecule has 0 aliphatic heterocycles. The molecule has 0 saturated heterocycles. The molecule has 0 spiro atoms. The SMILES string of the molecule is COc1ccc(S(=O)(=O)Nc2nn(-c3c(C)cc(C)cc3C)c3nc(C(C)(C)C)ccc23)cc1. The van der Waals surface area contributed by atoms with E-state index in [2.05, 4.69) is 44.5 Å². The van der Waals surface area contributed by atoms with Gasteiger partial charge in [0, 0.05) is 11.1 Å². The summed E-state index contributed by atoms with van der Waals surface area (Å²) in [6.07, 6.45) is 0. The smallest absolute Gasteiger partial charge is 0.263 e. The highest BCUT2D eigenvalue weighted by Gasteiger charge is 2.24. The lowest BCUT2D eigenvalue weighted by Crippen LogP contribution is -2.14. The first kappa shape index (κ1) is 23.8. The van der Waals surface area contributed by atoms with Crippen LogP contribution >= 0.6 is 0 Å². The molecule has 2 heterocycles. The molecule has 0 aliphatic rings. The van der Waals surface area contributed by atoms with Gasteiger partial charge >= 0.3 is 0 Å². The molecule has 0 atom stereocenters. The second-order valence-corrected chi connectivity index (χ2v) is 11.3. The van der Waals surface area contributed by atoms with Gasteiger partial charge in [-0.25, -0.2) is 18.1 Å². The molecule has 178 valence electrons. The van der Waals surface area contributed by atoms with Crippen molar-refractivity contribution in [3.63, 3.8) is 0 Å². The Kier molecular flexibility index (Phi) is 5.89. The highest BCUT2D eigenvalue weighted by atomic mass is 32.2. The molecule has 2 aromatic heterocycles. The molecule has 0 fully saturated rings. The average molecular weight is 479 g/mol. The summed E-state index contributed by atoms with van der Waals surface area (Å²) in [7, 11) is -2.34. The summed E-state index contributed by atoms with van der Waals surface area (Å²) in [5.41, 5.74) is 5.44. The first-order valence-corrected chi connectivity index (χ1v) is 12.5. The third-order valence-corrected chi connectivity index (χ3v) is 7.10. The number of aromatic nitrogens is 3. The van der Waals surface area contributed by atoms with Gasteiger partial charge in [0.2, 0.25) is 0 Å². The van der Waals surface area contributed by atoms with Crippen molar-refractivity contribution < 1.29 is 13.2 Å². The molecule has 34 heavy (non-hydrogen) atoms. The number of hydrogen-bond donors (Lipinski definition) is 1. The third-order valence-electron chi connectivity index (χ3n) is 5.75. The number of aryl methyl sites for hydroxylation is 3. The Balaban J connectivity index is 1.91. The molecule has 2 aromatic carbocycles. The number of nitrogens with zero attached hydrogens (tertiary/aromatic N) is 3. The standard InChI is InChI=1S/C26H30N4O3S/c1-16-14-17(2)23(18(3)15-16)30-25-21(12-13-22(27-25)26(4,5)6)24(28-30)29-34(31,32)20-10-8-19(33-7)9-11-20/h8-15H,1-7H3,(H,28,29). The van der Waals surface area contributed by atoms with Gasteiger partial charge in [-0.15, -0.1) is 5.10 Å². The Morgan fingerprint density at radius 3 is 2.12 bits per heavy atom. The van der Waals surface area contributed by atoms with E-state index < -0.39 is 10.0 Å². The van der Waals surface area contributed by atoms with Gasteiger partial charge in [-0.2, -0.15) is 0 Å².